The fourth-order valence-corrected chi connectivity index (χ4v) is 7.25. The third-order valence-electron chi connectivity index (χ3n) is 4.71. The van der Waals surface area contributed by atoms with Gasteiger partial charge in [-0.15, -0.1) is 22.7 Å². The number of nitrogens with two attached hydrogens (primary N) is 1. The summed E-state index contributed by atoms with van der Waals surface area (Å²) in [7, 11) is 0. The number of hydrogen-bond acceptors (Lipinski definition) is 6. The van der Waals surface area contributed by atoms with Gasteiger partial charge in [-0.3, -0.25) is 11.3 Å². The van der Waals surface area contributed by atoms with Gasteiger partial charge in [0.25, 0.3) is 0 Å². The molecule has 0 bridgehead atoms. The van der Waals surface area contributed by atoms with Gasteiger partial charge >= 0.3 is 0 Å². The van der Waals surface area contributed by atoms with Crippen LogP contribution < -0.4 is 11.3 Å². The molecule has 3 nitrogen and oxygen atoms in total. The minimum absolute atomic E-state index is 0.122. The lowest BCUT2D eigenvalue weighted by atomic mass is 9.81. The number of rotatable bonds is 3. The molecule has 3 unspecified atom stereocenters. The number of thiophene rings is 2. The third kappa shape index (κ3) is 2.66. The van der Waals surface area contributed by atoms with Crippen molar-refractivity contribution in [1.82, 2.24) is 5.43 Å². The molecule has 2 fully saturated rings. The Hall–Kier alpha value is -0.110. The van der Waals surface area contributed by atoms with Crippen LogP contribution in [-0.4, -0.2) is 23.7 Å². The SMILES string of the molecule is NNC(c1cc2sccc2s1)C1CCOC2(CCSC2)C1. The van der Waals surface area contributed by atoms with Crippen molar-refractivity contribution in [2.24, 2.45) is 11.8 Å². The smallest absolute Gasteiger partial charge is 0.0783 e. The maximum Gasteiger partial charge on any atom is 0.0783 e. The molecule has 0 aliphatic carbocycles. The molecular formula is C15H20N2OS3. The molecule has 2 aliphatic rings. The molecule has 0 radical (unpaired) electrons. The van der Waals surface area contributed by atoms with E-state index < -0.39 is 0 Å². The van der Waals surface area contributed by atoms with Crippen LogP contribution in [0, 0.1) is 5.92 Å². The summed E-state index contributed by atoms with van der Waals surface area (Å²) in [4.78, 5) is 1.38. The van der Waals surface area contributed by atoms with Crippen LogP contribution in [0.2, 0.25) is 0 Å². The van der Waals surface area contributed by atoms with E-state index in [4.69, 9.17) is 10.6 Å². The van der Waals surface area contributed by atoms with E-state index in [-0.39, 0.29) is 11.6 Å². The Morgan fingerprint density at radius 1 is 1.43 bits per heavy atom. The highest BCUT2D eigenvalue weighted by atomic mass is 32.2. The quantitative estimate of drug-likeness (QED) is 0.659. The molecule has 0 aromatic carbocycles. The van der Waals surface area contributed by atoms with Crippen LogP contribution in [-0.2, 0) is 4.74 Å². The number of hydrazine groups is 1. The molecule has 2 aromatic heterocycles. The van der Waals surface area contributed by atoms with E-state index >= 15 is 0 Å². The van der Waals surface area contributed by atoms with E-state index in [1.165, 1.54) is 26.5 Å². The lowest BCUT2D eigenvalue weighted by Crippen LogP contribution is -2.44. The van der Waals surface area contributed by atoms with Gasteiger partial charge < -0.3 is 4.74 Å². The van der Waals surface area contributed by atoms with E-state index in [0.717, 1.165) is 25.2 Å². The standard InChI is InChI=1S/C15H20N2OS3/c16-17-14(13-7-12-11(21-13)2-5-20-12)10-1-4-18-15(8-10)3-6-19-9-15/h2,5,7,10,14,17H,1,3-4,6,8-9,16H2. The van der Waals surface area contributed by atoms with Crippen molar-refractivity contribution in [3.63, 3.8) is 0 Å². The van der Waals surface area contributed by atoms with Gasteiger partial charge in [0.05, 0.1) is 11.6 Å². The topological polar surface area (TPSA) is 47.3 Å². The van der Waals surface area contributed by atoms with Gasteiger partial charge in [-0.25, -0.2) is 0 Å². The zero-order valence-corrected chi connectivity index (χ0v) is 14.3. The highest BCUT2D eigenvalue weighted by Gasteiger charge is 2.42. The first-order valence-electron chi connectivity index (χ1n) is 7.44. The highest BCUT2D eigenvalue weighted by Crippen LogP contribution is 2.45. The summed E-state index contributed by atoms with van der Waals surface area (Å²) < 4.78 is 8.91. The van der Waals surface area contributed by atoms with Gasteiger partial charge in [0, 0.05) is 26.6 Å². The molecule has 21 heavy (non-hydrogen) atoms. The molecule has 2 aliphatic heterocycles. The number of hydrogen-bond donors (Lipinski definition) is 2. The van der Waals surface area contributed by atoms with E-state index in [1.807, 2.05) is 34.4 Å². The van der Waals surface area contributed by atoms with Crippen molar-refractivity contribution in [2.45, 2.75) is 30.9 Å². The van der Waals surface area contributed by atoms with Gasteiger partial charge in [0.2, 0.25) is 0 Å². The van der Waals surface area contributed by atoms with Gasteiger partial charge in [-0.2, -0.15) is 11.8 Å². The molecule has 2 saturated heterocycles. The monoisotopic (exact) mass is 340 g/mol. The van der Waals surface area contributed by atoms with Crippen LogP contribution in [0.3, 0.4) is 0 Å². The lowest BCUT2D eigenvalue weighted by molar-refractivity contribution is -0.0852. The van der Waals surface area contributed by atoms with Crippen molar-refractivity contribution >= 4 is 43.8 Å². The van der Waals surface area contributed by atoms with Crippen LogP contribution in [0.4, 0.5) is 0 Å². The van der Waals surface area contributed by atoms with Crippen molar-refractivity contribution < 1.29 is 4.74 Å². The Morgan fingerprint density at radius 3 is 3.14 bits per heavy atom. The summed E-state index contributed by atoms with van der Waals surface area (Å²) in [5.41, 5.74) is 3.22. The summed E-state index contributed by atoms with van der Waals surface area (Å²) in [6.07, 6.45) is 3.44. The van der Waals surface area contributed by atoms with Gasteiger partial charge in [0.1, 0.15) is 0 Å². The molecule has 1 spiro atoms. The lowest BCUT2D eigenvalue weighted by Gasteiger charge is -2.40. The molecule has 6 heteroatoms. The Morgan fingerprint density at radius 2 is 2.38 bits per heavy atom. The van der Waals surface area contributed by atoms with Crippen LogP contribution in [0.1, 0.15) is 30.2 Å². The molecule has 4 rings (SSSR count). The first kappa shape index (κ1) is 14.5. The normalized spacial score (nSPS) is 31.2. The molecule has 4 heterocycles. The highest BCUT2D eigenvalue weighted by molar-refractivity contribution is 7.99. The van der Waals surface area contributed by atoms with Gasteiger partial charge in [0.15, 0.2) is 0 Å². The maximum absolute atomic E-state index is 6.15. The minimum atomic E-state index is 0.122. The second kappa shape index (κ2) is 5.83. The van der Waals surface area contributed by atoms with Crippen LogP contribution in [0.5, 0.6) is 0 Å². The molecule has 2 aromatic rings. The van der Waals surface area contributed by atoms with Crippen LogP contribution in [0.25, 0.3) is 9.40 Å². The Labute approximate surface area is 137 Å². The second-order valence-corrected chi connectivity index (χ2v) is 9.20. The van der Waals surface area contributed by atoms with Crippen molar-refractivity contribution in [2.75, 3.05) is 18.1 Å². The molecule has 3 atom stereocenters. The van der Waals surface area contributed by atoms with Crippen LogP contribution >= 0.6 is 34.4 Å². The molecule has 0 amide bonds. The first-order chi connectivity index (χ1) is 10.3. The first-order valence-corrected chi connectivity index (χ1v) is 10.3. The summed E-state index contributed by atoms with van der Waals surface area (Å²) in [5.74, 6) is 8.90. The van der Waals surface area contributed by atoms with Crippen molar-refractivity contribution in [3.8, 4) is 0 Å². The number of fused-ring (bicyclic) bond motifs is 1. The number of ether oxygens (including phenoxy) is 1. The molecule has 0 saturated carbocycles. The van der Waals surface area contributed by atoms with E-state index in [9.17, 15) is 0 Å². The van der Waals surface area contributed by atoms with Crippen molar-refractivity contribution in [1.29, 1.82) is 0 Å². The number of nitrogens with one attached hydrogen (secondary N) is 1. The summed E-state index contributed by atoms with van der Waals surface area (Å²) in [6, 6.07) is 4.79. The molecule has 3 N–H and O–H groups in total. The Balaban J connectivity index is 1.58. The van der Waals surface area contributed by atoms with E-state index in [1.54, 1.807) is 0 Å². The van der Waals surface area contributed by atoms with Gasteiger partial charge in [-0.05, 0) is 48.4 Å². The van der Waals surface area contributed by atoms with Crippen LogP contribution in [0.15, 0.2) is 17.5 Å². The predicted octanol–water partition coefficient (Wildman–Crippen LogP) is 3.77. The predicted molar refractivity (Wildman–Crippen MR) is 93.1 cm³/mol. The largest absolute Gasteiger partial charge is 0.374 e. The summed E-state index contributed by atoms with van der Waals surface area (Å²) in [5, 5.41) is 2.16. The van der Waals surface area contributed by atoms with E-state index in [2.05, 4.69) is 22.9 Å². The Bertz CT molecular complexity index is 589. The Kier molecular flexibility index (Phi) is 4.02. The summed E-state index contributed by atoms with van der Waals surface area (Å²) in [6.45, 7) is 0.878. The average molecular weight is 341 g/mol. The number of thioether (sulfide) groups is 1. The zero-order chi connectivity index (χ0) is 14.3. The third-order valence-corrected chi connectivity index (χ3v) is 8.11. The zero-order valence-electron chi connectivity index (χ0n) is 11.8. The molecular weight excluding hydrogens is 320 g/mol. The maximum atomic E-state index is 6.15. The minimum Gasteiger partial charge on any atom is -0.374 e. The fourth-order valence-electron chi connectivity index (χ4n) is 3.60. The molecule has 114 valence electrons. The van der Waals surface area contributed by atoms with Gasteiger partial charge in [-0.1, -0.05) is 0 Å². The van der Waals surface area contributed by atoms with Crippen molar-refractivity contribution in [3.05, 3.63) is 22.4 Å². The second-order valence-electron chi connectivity index (χ2n) is 6.03. The fraction of sp³-hybridized carbons (Fsp3) is 0.600. The average Bonchev–Trinajstić information content (AvgIpc) is 3.16. The summed E-state index contributed by atoms with van der Waals surface area (Å²) >= 11 is 5.73. The van der Waals surface area contributed by atoms with E-state index in [0.29, 0.717) is 5.92 Å².